The van der Waals surface area contributed by atoms with E-state index in [1.165, 1.54) is 38.9 Å². The number of nitrogens with zero attached hydrogens (tertiary/aromatic N) is 1. The zero-order valence-electron chi connectivity index (χ0n) is 12.6. The molecule has 102 valence electrons. The Morgan fingerprint density at radius 2 is 1.82 bits per heavy atom. The summed E-state index contributed by atoms with van der Waals surface area (Å²) in [4.78, 5) is 2.57. The van der Waals surface area contributed by atoms with Crippen molar-refractivity contribution < 1.29 is 0 Å². The Balaban J connectivity index is 2.27. The predicted octanol–water partition coefficient (Wildman–Crippen LogP) is 3.13. The van der Waals surface area contributed by atoms with E-state index >= 15 is 0 Å². The van der Waals surface area contributed by atoms with Gasteiger partial charge in [-0.25, -0.2) is 0 Å². The third-order valence-corrected chi connectivity index (χ3v) is 4.65. The zero-order valence-corrected chi connectivity index (χ0v) is 12.6. The molecule has 0 radical (unpaired) electrons. The van der Waals surface area contributed by atoms with Gasteiger partial charge in [0, 0.05) is 12.6 Å². The standard InChI is InChI=1S/C15H32N2/c1-6-15(4,5)12-16-13(3)14-8-10-17(7-2)11-9-14/h13-14,16H,6-12H2,1-5H3. The van der Waals surface area contributed by atoms with Gasteiger partial charge in [-0.3, -0.25) is 0 Å². The molecule has 0 aliphatic carbocycles. The molecule has 1 aliphatic rings. The van der Waals surface area contributed by atoms with E-state index in [9.17, 15) is 0 Å². The fourth-order valence-electron chi connectivity index (χ4n) is 2.50. The second-order valence-corrected chi connectivity index (χ2v) is 6.46. The van der Waals surface area contributed by atoms with Crippen molar-refractivity contribution in [1.82, 2.24) is 10.2 Å². The molecular formula is C15H32N2. The maximum atomic E-state index is 3.76. The second kappa shape index (κ2) is 6.75. The molecule has 0 amide bonds. The van der Waals surface area contributed by atoms with E-state index in [-0.39, 0.29) is 0 Å². The Morgan fingerprint density at radius 1 is 1.24 bits per heavy atom. The number of piperidine rings is 1. The van der Waals surface area contributed by atoms with Gasteiger partial charge in [0.25, 0.3) is 0 Å². The summed E-state index contributed by atoms with van der Waals surface area (Å²) in [5.41, 5.74) is 0.443. The average molecular weight is 240 g/mol. The summed E-state index contributed by atoms with van der Waals surface area (Å²) in [7, 11) is 0. The van der Waals surface area contributed by atoms with Crippen molar-refractivity contribution in [3.8, 4) is 0 Å². The van der Waals surface area contributed by atoms with Crippen LogP contribution in [0.25, 0.3) is 0 Å². The SMILES string of the molecule is CCN1CCC(C(C)NCC(C)(C)CC)CC1. The Bertz CT molecular complexity index is 205. The highest BCUT2D eigenvalue weighted by Gasteiger charge is 2.24. The fourth-order valence-corrected chi connectivity index (χ4v) is 2.50. The summed E-state index contributed by atoms with van der Waals surface area (Å²) in [5, 5.41) is 3.76. The normalized spacial score (nSPS) is 21.7. The average Bonchev–Trinajstić information content (AvgIpc) is 2.36. The summed E-state index contributed by atoms with van der Waals surface area (Å²) in [6.45, 7) is 16.6. The van der Waals surface area contributed by atoms with Gasteiger partial charge < -0.3 is 10.2 Å². The summed E-state index contributed by atoms with van der Waals surface area (Å²) in [6, 6.07) is 0.680. The van der Waals surface area contributed by atoms with Gasteiger partial charge >= 0.3 is 0 Å². The van der Waals surface area contributed by atoms with Crippen LogP contribution in [0.15, 0.2) is 0 Å². The van der Waals surface area contributed by atoms with Crippen molar-refractivity contribution in [3.05, 3.63) is 0 Å². The molecule has 2 nitrogen and oxygen atoms in total. The predicted molar refractivity (Wildman–Crippen MR) is 76.4 cm³/mol. The molecule has 1 atom stereocenters. The molecule has 1 saturated heterocycles. The van der Waals surface area contributed by atoms with Crippen LogP contribution in [0.5, 0.6) is 0 Å². The Hall–Kier alpha value is -0.0800. The van der Waals surface area contributed by atoms with E-state index in [4.69, 9.17) is 0 Å². The number of likely N-dealkylation sites (tertiary alicyclic amines) is 1. The molecule has 1 fully saturated rings. The number of hydrogen-bond donors (Lipinski definition) is 1. The number of hydrogen-bond acceptors (Lipinski definition) is 2. The highest BCUT2D eigenvalue weighted by atomic mass is 15.1. The molecule has 0 saturated carbocycles. The van der Waals surface area contributed by atoms with E-state index < -0.39 is 0 Å². The molecule has 1 heterocycles. The van der Waals surface area contributed by atoms with E-state index in [2.05, 4.69) is 44.8 Å². The molecule has 0 spiro atoms. The van der Waals surface area contributed by atoms with Gasteiger partial charge in [-0.2, -0.15) is 0 Å². The van der Waals surface area contributed by atoms with Crippen molar-refractivity contribution in [1.29, 1.82) is 0 Å². The van der Waals surface area contributed by atoms with Crippen molar-refractivity contribution in [2.24, 2.45) is 11.3 Å². The van der Waals surface area contributed by atoms with E-state index in [1.807, 2.05) is 0 Å². The van der Waals surface area contributed by atoms with Gasteiger partial charge in [0.15, 0.2) is 0 Å². The summed E-state index contributed by atoms with van der Waals surface area (Å²) in [6.07, 6.45) is 3.99. The van der Waals surface area contributed by atoms with Crippen molar-refractivity contribution in [2.45, 2.75) is 59.9 Å². The van der Waals surface area contributed by atoms with E-state index in [0.717, 1.165) is 12.5 Å². The molecule has 1 aliphatic heterocycles. The minimum absolute atomic E-state index is 0.443. The lowest BCUT2D eigenvalue weighted by molar-refractivity contribution is 0.162. The third-order valence-electron chi connectivity index (χ3n) is 4.65. The van der Waals surface area contributed by atoms with E-state index in [0.29, 0.717) is 11.5 Å². The number of nitrogens with one attached hydrogen (secondary N) is 1. The first-order valence-corrected chi connectivity index (χ1v) is 7.44. The molecule has 17 heavy (non-hydrogen) atoms. The van der Waals surface area contributed by atoms with Crippen LogP contribution in [-0.4, -0.2) is 37.1 Å². The van der Waals surface area contributed by atoms with Gasteiger partial charge in [0.1, 0.15) is 0 Å². The summed E-state index contributed by atoms with van der Waals surface area (Å²) < 4.78 is 0. The van der Waals surface area contributed by atoms with Gasteiger partial charge in [-0.15, -0.1) is 0 Å². The van der Waals surface area contributed by atoms with Crippen LogP contribution >= 0.6 is 0 Å². The maximum absolute atomic E-state index is 3.76. The van der Waals surface area contributed by atoms with Crippen molar-refractivity contribution >= 4 is 0 Å². The summed E-state index contributed by atoms with van der Waals surface area (Å²) >= 11 is 0. The second-order valence-electron chi connectivity index (χ2n) is 6.46. The highest BCUT2D eigenvalue weighted by Crippen LogP contribution is 2.22. The molecule has 1 rings (SSSR count). The smallest absolute Gasteiger partial charge is 0.00681 e. The van der Waals surface area contributed by atoms with Crippen LogP contribution in [0.1, 0.15) is 53.9 Å². The molecule has 1 N–H and O–H groups in total. The van der Waals surface area contributed by atoms with Crippen LogP contribution in [-0.2, 0) is 0 Å². The van der Waals surface area contributed by atoms with Crippen LogP contribution in [0.2, 0.25) is 0 Å². The molecular weight excluding hydrogens is 208 g/mol. The molecule has 0 aromatic heterocycles. The monoisotopic (exact) mass is 240 g/mol. The van der Waals surface area contributed by atoms with Gasteiger partial charge in [-0.1, -0.05) is 27.7 Å². The van der Waals surface area contributed by atoms with Gasteiger partial charge in [-0.05, 0) is 57.2 Å². The number of rotatable bonds is 6. The van der Waals surface area contributed by atoms with Crippen LogP contribution in [0.4, 0.5) is 0 Å². The largest absolute Gasteiger partial charge is 0.313 e. The lowest BCUT2D eigenvalue weighted by Gasteiger charge is -2.36. The van der Waals surface area contributed by atoms with Gasteiger partial charge in [0.05, 0.1) is 0 Å². The molecule has 2 heteroatoms. The van der Waals surface area contributed by atoms with Crippen LogP contribution < -0.4 is 5.32 Å². The lowest BCUT2D eigenvalue weighted by atomic mass is 9.87. The quantitative estimate of drug-likeness (QED) is 0.767. The molecule has 0 aromatic carbocycles. The fraction of sp³-hybridized carbons (Fsp3) is 1.00. The first kappa shape index (κ1) is 15.0. The topological polar surface area (TPSA) is 15.3 Å². The molecule has 0 aromatic rings. The highest BCUT2D eigenvalue weighted by molar-refractivity contribution is 4.81. The van der Waals surface area contributed by atoms with Crippen LogP contribution in [0, 0.1) is 11.3 Å². The third kappa shape index (κ3) is 4.97. The lowest BCUT2D eigenvalue weighted by Crippen LogP contribution is -2.44. The summed E-state index contributed by atoms with van der Waals surface area (Å²) in [5.74, 6) is 0.880. The maximum Gasteiger partial charge on any atom is 0.00681 e. The first-order valence-electron chi connectivity index (χ1n) is 7.44. The Labute approximate surface area is 108 Å². The van der Waals surface area contributed by atoms with Crippen molar-refractivity contribution in [3.63, 3.8) is 0 Å². The minimum Gasteiger partial charge on any atom is -0.313 e. The molecule has 0 bridgehead atoms. The van der Waals surface area contributed by atoms with Crippen molar-refractivity contribution in [2.75, 3.05) is 26.2 Å². The zero-order chi connectivity index (χ0) is 12.9. The Kier molecular flexibility index (Phi) is 5.94. The minimum atomic E-state index is 0.443. The van der Waals surface area contributed by atoms with E-state index in [1.54, 1.807) is 0 Å². The molecule has 1 unspecified atom stereocenters. The first-order chi connectivity index (χ1) is 7.98. The van der Waals surface area contributed by atoms with Crippen LogP contribution in [0.3, 0.4) is 0 Å². The Morgan fingerprint density at radius 3 is 2.29 bits per heavy atom. The van der Waals surface area contributed by atoms with Gasteiger partial charge in [0.2, 0.25) is 0 Å².